The van der Waals surface area contributed by atoms with Crippen molar-refractivity contribution in [3.05, 3.63) is 0 Å². The summed E-state index contributed by atoms with van der Waals surface area (Å²) in [5.74, 6) is -6.85. The first kappa shape index (κ1) is 20.0. The van der Waals surface area contributed by atoms with E-state index in [1.54, 1.807) is 0 Å². The number of aliphatic hydroxyl groups is 1. The molecule has 0 aromatic heterocycles. The lowest BCUT2D eigenvalue weighted by Crippen LogP contribution is -2.30. The van der Waals surface area contributed by atoms with Crippen molar-refractivity contribution >= 4 is 19.5 Å². The molecule has 3 N–H and O–H groups in total. The van der Waals surface area contributed by atoms with Crippen molar-refractivity contribution in [3.63, 3.8) is 0 Å². The molecule has 0 rings (SSSR count). The summed E-state index contributed by atoms with van der Waals surface area (Å²) >= 11 is 0. The quantitative estimate of drug-likeness (QED) is 0.486. The molecule has 0 fully saturated rings. The Morgan fingerprint density at radius 1 is 1.19 bits per heavy atom. The third-order valence-electron chi connectivity index (χ3n) is 2.53. The van der Waals surface area contributed by atoms with Crippen molar-refractivity contribution in [1.82, 2.24) is 0 Å². The fourth-order valence-electron chi connectivity index (χ4n) is 1.64. The Bertz CT molecular complexity index is 392. The van der Waals surface area contributed by atoms with Gasteiger partial charge in [0.1, 0.15) is 0 Å². The van der Waals surface area contributed by atoms with Crippen LogP contribution in [-0.2, 0) is 23.2 Å². The van der Waals surface area contributed by atoms with Crippen LogP contribution < -0.4 is 0 Å². The van der Waals surface area contributed by atoms with Crippen molar-refractivity contribution in [2.24, 2.45) is 5.92 Å². The zero-order valence-corrected chi connectivity index (χ0v) is 12.7. The van der Waals surface area contributed by atoms with Crippen molar-refractivity contribution in [2.45, 2.75) is 38.7 Å². The van der Waals surface area contributed by atoms with Gasteiger partial charge in [0.25, 0.3) is 0 Å². The molecule has 0 saturated carbocycles. The smallest absolute Gasteiger partial charge is 0.367 e. The highest BCUT2D eigenvalue weighted by molar-refractivity contribution is 7.54. The Hall–Kier alpha value is -1.02. The molecule has 0 aliphatic rings. The van der Waals surface area contributed by atoms with Crippen LogP contribution in [0, 0.1) is 5.92 Å². The maximum absolute atomic E-state index is 14.1. The number of aliphatic carboxylic acids is 2. The molecule has 0 aliphatic carbocycles. The van der Waals surface area contributed by atoms with E-state index < -0.39 is 50.3 Å². The largest absolute Gasteiger partial charge is 0.481 e. The van der Waals surface area contributed by atoms with Gasteiger partial charge in [0.2, 0.25) is 5.91 Å². The van der Waals surface area contributed by atoms with Gasteiger partial charge >= 0.3 is 19.5 Å². The summed E-state index contributed by atoms with van der Waals surface area (Å²) in [7, 11) is -4.24. The highest BCUT2D eigenvalue weighted by Crippen LogP contribution is 2.55. The van der Waals surface area contributed by atoms with Gasteiger partial charge in [-0.05, 0) is 20.3 Å². The number of hydrogen-bond acceptors (Lipinski definition) is 6. The molecule has 8 nitrogen and oxygen atoms in total. The van der Waals surface area contributed by atoms with E-state index in [-0.39, 0.29) is 13.2 Å². The van der Waals surface area contributed by atoms with Gasteiger partial charge in [0, 0.05) is 0 Å². The Kier molecular flexibility index (Phi) is 8.65. The number of carboxylic acid groups (broad SMARTS) is 2. The van der Waals surface area contributed by atoms with E-state index in [9.17, 15) is 23.7 Å². The molecular formula is C11H20FO8P. The number of aliphatic hydroxyl groups excluding tert-OH is 1. The van der Waals surface area contributed by atoms with E-state index in [4.69, 9.17) is 19.3 Å². The molecule has 0 radical (unpaired) electrons. The first-order valence-electron chi connectivity index (χ1n) is 6.33. The molecule has 3 unspecified atom stereocenters. The predicted molar refractivity (Wildman–Crippen MR) is 69.8 cm³/mol. The van der Waals surface area contributed by atoms with Crippen LogP contribution in [0.3, 0.4) is 0 Å². The maximum Gasteiger partial charge on any atom is 0.367 e. The van der Waals surface area contributed by atoms with Crippen molar-refractivity contribution in [1.29, 1.82) is 0 Å². The van der Waals surface area contributed by atoms with Crippen LogP contribution in [0.4, 0.5) is 4.39 Å². The summed E-state index contributed by atoms with van der Waals surface area (Å²) < 4.78 is 35.6. The van der Waals surface area contributed by atoms with E-state index in [2.05, 4.69) is 0 Å². The highest BCUT2D eigenvalue weighted by Gasteiger charge is 2.42. The fourth-order valence-corrected chi connectivity index (χ4v) is 3.26. The fraction of sp³-hybridized carbons (Fsp3) is 0.818. The van der Waals surface area contributed by atoms with Gasteiger partial charge in [-0.3, -0.25) is 14.2 Å². The number of carboxylic acids is 2. The second-order valence-electron chi connectivity index (χ2n) is 4.18. The predicted octanol–water partition coefficient (Wildman–Crippen LogP) is 1.47. The van der Waals surface area contributed by atoms with Crippen molar-refractivity contribution < 1.29 is 42.9 Å². The number of carbonyl (C=O) groups is 2. The van der Waals surface area contributed by atoms with Gasteiger partial charge in [0.05, 0.1) is 31.7 Å². The average Bonchev–Trinajstić information content (AvgIpc) is 2.36. The summed E-state index contributed by atoms with van der Waals surface area (Å²) in [4.78, 5) is 21.4. The number of halogens is 1. The van der Waals surface area contributed by atoms with E-state index in [0.29, 0.717) is 0 Å². The average molecular weight is 330 g/mol. The van der Waals surface area contributed by atoms with Gasteiger partial charge in [0.15, 0.2) is 0 Å². The summed E-state index contributed by atoms with van der Waals surface area (Å²) in [6, 6.07) is 0. The number of alkyl halides is 1. The molecule has 0 amide bonds. The summed E-state index contributed by atoms with van der Waals surface area (Å²) in [6.07, 6.45) is -3.48. The lowest BCUT2D eigenvalue weighted by atomic mass is 9.98. The van der Waals surface area contributed by atoms with Crippen molar-refractivity contribution in [2.75, 3.05) is 13.2 Å². The minimum absolute atomic E-state index is 0.123. The standard InChI is InChI=1S/C11H20FO8P/c1-3-19-21(18,20-4-2)10(12)8(13)5-7(11(16)17)6-9(14)15/h7-8,10,13H,3-6H2,1-2H3,(H,14,15)(H,16,17). The van der Waals surface area contributed by atoms with Gasteiger partial charge in [-0.25, -0.2) is 4.39 Å². The third-order valence-corrected chi connectivity index (χ3v) is 4.72. The second kappa shape index (κ2) is 9.09. The Labute approximate surface area is 121 Å². The highest BCUT2D eigenvalue weighted by atomic mass is 31.2. The minimum Gasteiger partial charge on any atom is -0.481 e. The van der Waals surface area contributed by atoms with Crippen LogP contribution in [0.25, 0.3) is 0 Å². The lowest BCUT2D eigenvalue weighted by molar-refractivity contribution is -0.149. The molecule has 124 valence electrons. The monoisotopic (exact) mass is 330 g/mol. The van der Waals surface area contributed by atoms with Gasteiger partial charge in [-0.1, -0.05) is 0 Å². The summed E-state index contributed by atoms with van der Waals surface area (Å²) in [6.45, 7) is 2.66. The van der Waals surface area contributed by atoms with Crippen LogP contribution in [0.15, 0.2) is 0 Å². The molecule has 3 atom stereocenters. The van der Waals surface area contributed by atoms with Crippen LogP contribution >= 0.6 is 7.60 Å². The van der Waals surface area contributed by atoms with Gasteiger partial charge in [-0.2, -0.15) is 0 Å². The lowest BCUT2D eigenvalue weighted by Gasteiger charge is -2.25. The topological polar surface area (TPSA) is 130 Å². The van der Waals surface area contributed by atoms with Gasteiger partial charge in [-0.15, -0.1) is 0 Å². The number of hydrogen-bond donors (Lipinski definition) is 3. The van der Waals surface area contributed by atoms with E-state index in [1.807, 2.05) is 0 Å². The Balaban J connectivity index is 4.94. The Morgan fingerprint density at radius 2 is 1.67 bits per heavy atom. The van der Waals surface area contributed by atoms with Crippen LogP contribution in [-0.4, -0.2) is 52.5 Å². The van der Waals surface area contributed by atoms with Crippen LogP contribution in [0.2, 0.25) is 0 Å². The zero-order chi connectivity index (χ0) is 16.6. The van der Waals surface area contributed by atoms with Crippen LogP contribution in [0.5, 0.6) is 0 Å². The molecular weight excluding hydrogens is 310 g/mol. The molecule has 0 aromatic carbocycles. The summed E-state index contributed by atoms with van der Waals surface area (Å²) in [5.41, 5.74) is 0. The second-order valence-corrected chi connectivity index (χ2v) is 6.27. The van der Waals surface area contributed by atoms with Crippen molar-refractivity contribution in [3.8, 4) is 0 Å². The zero-order valence-electron chi connectivity index (χ0n) is 11.8. The first-order valence-corrected chi connectivity index (χ1v) is 7.94. The molecule has 0 aromatic rings. The summed E-state index contributed by atoms with van der Waals surface area (Å²) in [5, 5.41) is 27.1. The maximum atomic E-state index is 14.1. The molecule has 0 saturated heterocycles. The molecule has 21 heavy (non-hydrogen) atoms. The SMILES string of the molecule is CCOP(=O)(OCC)C(F)C(O)CC(CC(=O)O)C(=O)O. The number of rotatable bonds is 11. The van der Waals surface area contributed by atoms with Crippen LogP contribution in [0.1, 0.15) is 26.7 Å². The molecule has 10 heteroatoms. The normalized spacial score (nSPS) is 16.2. The third kappa shape index (κ3) is 6.52. The van der Waals surface area contributed by atoms with E-state index in [1.165, 1.54) is 13.8 Å². The minimum atomic E-state index is -4.24. The van der Waals surface area contributed by atoms with E-state index in [0.717, 1.165) is 0 Å². The molecule has 0 spiro atoms. The molecule has 0 bridgehead atoms. The molecule has 0 aliphatic heterocycles. The van der Waals surface area contributed by atoms with E-state index >= 15 is 0 Å². The first-order chi connectivity index (χ1) is 9.67. The van der Waals surface area contributed by atoms with Gasteiger partial charge < -0.3 is 24.4 Å². The Morgan fingerprint density at radius 3 is 2.00 bits per heavy atom. The molecule has 0 heterocycles.